The average Bonchev–Trinajstić information content (AvgIpc) is 2.94. The van der Waals surface area contributed by atoms with Crippen LogP contribution in [0.5, 0.6) is 34.5 Å². The zero-order valence-corrected chi connectivity index (χ0v) is 22.7. The molecular weight excluding hydrogens is 516 g/mol. The van der Waals surface area contributed by atoms with Gasteiger partial charge in [-0.25, -0.2) is 8.42 Å². The highest BCUT2D eigenvalue weighted by atomic mass is 32.2. The van der Waals surface area contributed by atoms with Crippen molar-refractivity contribution in [2.75, 3.05) is 58.8 Å². The highest BCUT2D eigenvalue weighted by molar-refractivity contribution is 7.92. The monoisotopic (exact) mass is 546 g/mol. The van der Waals surface area contributed by atoms with Crippen LogP contribution in [-0.2, 0) is 14.8 Å². The molecule has 11 nitrogen and oxygen atoms in total. The Balaban J connectivity index is 2.11. The first kappa shape index (κ1) is 28.3. The van der Waals surface area contributed by atoms with E-state index in [0.29, 0.717) is 28.7 Å². The third-order valence-corrected chi connectivity index (χ3v) is 7.32. The second-order valence-corrected chi connectivity index (χ2v) is 9.54. The number of nitrogens with one attached hydrogen (secondary N) is 1. The van der Waals surface area contributed by atoms with E-state index in [1.165, 1.54) is 66.9 Å². The number of benzene rings is 3. The number of amides is 1. The molecule has 0 heterocycles. The van der Waals surface area contributed by atoms with Crippen molar-refractivity contribution in [2.45, 2.75) is 4.90 Å². The van der Waals surface area contributed by atoms with Gasteiger partial charge in [0.1, 0.15) is 29.5 Å². The first-order valence-electron chi connectivity index (χ1n) is 11.2. The Morgan fingerprint density at radius 3 is 1.82 bits per heavy atom. The second-order valence-electron chi connectivity index (χ2n) is 7.68. The molecule has 12 heteroatoms. The molecule has 0 bridgehead atoms. The fraction of sp³-hybridized carbons (Fsp3) is 0.269. The van der Waals surface area contributed by atoms with Crippen molar-refractivity contribution < 1.29 is 41.6 Å². The minimum Gasteiger partial charge on any atom is -0.497 e. The van der Waals surface area contributed by atoms with Gasteiger partial charge in [0.15, 0.2) is 11.5 Å². The summed E-state index contributed by atoms with van der Waals surface area (Å²) in [6.07, 6.45) is 0. The number of sulfonamides is 1. The van der Waals surface area contributed by atoms with Crippen molar-refractivity contribution in [2.24, 2.45) is 0 Å². The number of anilines is 2. The molecule has 0 fully saturated rings. The van der Waals surface area contributed by atoms with Gasteiger partial charge < -0.3 is 33.7 Å². The molecule has 0 saturated carbocycles. The molecule has 0 spiro atoms. The Hall–Kier alpha value is -4.32. The van der Waals surface area contributed by atoms with E-state index < -0.39 is 22.5 Å². The van der Waals surface area contributed by atoms with E-state index in [1.807, 2.05) is 0 Å². The number of nitrogens with zero attached hydrogens (tertiary/aromatic N) is 1. The van der Waals surface area contributed by atoms with Crippen LogP contribution < -0.4 is 38.0 Å². The summed E-state index contributed by atoms with van der Waals surface area (Å²) in [5, 5.41) is 2.70. The smallest absolute Gasteiger partial charge is 0.265 e. The Kier molecular flexibility index (Phi) is 9.13. The van der Waals surface area contributed by atoms with E-state index in [-0.39, 0.29) is 22.1 Å². The molecule has 204 valence electrons. The van der Waals surface area contributed by atoms with Gasteiger partial charge in [0, 0.05) is 18.2 Å². The van der Waals surface area contributed by atoms with Gasteiger partial charge >= 0.3 is 0 Å². The number of hydrogen-bond donors (Lipinski definition) is 1. The molecule has 0 aliphatic rings. The van der Waals surface area contributed by atoms with E-state index in [0.717, 1.165) is 4.31 Å². The third-order valence-electron chi connectivity index (χ3n) is 5.57. The van der Waals surface area contributed by atoms with Crippen LogP contribution in [0.1, 0.15) is 0 Å². The summed E-state index contributed by atoms with van der Waals surface area (Å²) >= 11 is 0. The highest BCUT2D eigenvalue weighted by Gasteiger charge is 2.31. The van der Waals surface area contributed by atoms with Crippen molar-refractivity contribution in [3.63, 3.8) is 0 Å². The van der Waals surface area contributed by atoms with Crippen LogP contribution in [0.25, 0.3) is 0 Å². The zero-order valence-electron chi connectivity index (χ0n) is 21.9. The lowest BCUT2D eigenvalue weighted by Crippen LogP contribution is -2.38. The Bertz CT molecular complexity index is 1390. The number of hydrogen-bond acceptors (Lipinski definition) is 9. The fourth-order valence-electron chi connectivity index (χ4n) is 3.63. The van der Waals surface area contributed by atoms with Crippen LogP contribution in [0.4, 0.5) is 11.4 Å². The minimum atomic E-state index is -4.34. The molecule has 0 radical (unpaired) electrons. The van der Waals surface area contributed by atoms with Gasteiger partial charge in [0.05, 0.1) is 58.9 Å². The van der Waals surface area contributed by atoms with Crippen LogP contribution in [-0.4, -0.2) is 63.5 Å². The SMILES string of the molecule is COc1ccc(OC)c(NC(=O)CN(c2cc(OC)ccc2OC)S(=O)(=O)c2ccc(OC)c(OC)c2)c1. The van der Waals surface area contributed by atoms with Gasteiger partial charge in [-0.15, -0.1) is 0 Å². The molecule has 3 rings (SSSR count). The van der Waals surface area contributed by atoms with E-state index in [4.69, 9.17) is 28.4 Å². The maximum Gasteiger partial charge on any atom is 0.265 e. The maximum absolute atomic E-state index is 14.0. The largest absolute Gasteiger partial charge is 0.497 e. The quantitative estimate of drug-likeness (QED) is 0.363. The molecule has 38 heavy (non-hydrogen) atoms. The minimum absolute atomic E-state index is 0.0920. The summed E-state index contributed by atoms with van der Waals surface area (Å²) in [4.78, 5) is 13.2. The molecule has 0 aliphatic carbocycles. The maximum atomic E-state index is 14.0. The van der Waals surface area contributed by atoms with Gasteiger partial charge in [-0.05, 0) is 36.4 Å². The standard InChI is InChI=1S/C26H30N2O9S/c1-32-17-7-10-22(34-3)20(13-17)27-26(29)16-28(21-14-18(33-2)8-11-23(21)35-4)38(30,31)19-9-12-24(36-5)25(15-19)37-6/h7-15H,16H2,1-6H3,(H,27,29). The van der Waals surface area contributed by atoms with Gasteiger partial charge in [0.2, 0.25) is 5.91 Å². The number of rotatable bonds is 12. The molecule has 0 atom stereocenters. The summed E-state index contributed by atoms with van der Waals surface area (Å²) < 4.78 is 60.7. The summed E-state index contributed by atoms with van der Waals surface area (Å²) in [6, 6.07) is 13.6. The van der Waals surface area contributed by atoms with Crippen molar-refractivity contribution in [1.29, 1.82) is 0 Å². The summed E-state index contributed by atoms with van der Waals surface area (Å²) in [5.41, 5.74) is 0.396. The predicted molar refractivity (Wildman–Crippen MR) is 142 cm³/mol. The van der Waals surface area contributed by atoms with E-state index in [1.54, 1.807) is 30.3 Å². The topological polar surface area (TPSA) is 122 Å². The lowest BCUT2D eigenvalue weighted by molar-refractivity contribution is -0.114. The van der Waals surface area contributed by atoms with Crippen LogP contribution in [0.3, 0.4) is 0 Å². The van der Waals surface area contributed by atoms with Crippen LogP contribution >= 0.6 is 0 Å². The van der Waals surface area contributed by atoms with Crippen molar-refractivity contribution in [1.82, 2.24) is 0 Å². The molecule has 0 aliphatic heterocycles. The molecule has 1 amide bonds. The Morgan fingerprint density at radius 2 is 1.24 bits per heavy atom. The number of carbonyl (C=O) groups excluding carboxylic acids is 1. The van der Waals surface area contributed by atoms with Crippen LogP contribution in [0, 0.1) is 0 Å². The molecule has 0 aromatic heterocycles. The summed E-state index contributed by atoms with van der Waals surface area (Å²) in [6.45, 7) is -0.611. The first-order chi connectivity index (χ1) is 18.2. The van der Waals surface area contributed by atoms with Crippen molar-refractivity contribution in [3.8, 4) is 34.5 Å². The zero-order chi connectivity index (χ0) is 27.9. The average molecular weight is 547 g/mol. The van der Waals surface area contributed by atoms with Crippen LogP contribution in [0.15, 0.2) is 59.5 Å². The van der Waals surface area contributed by atoms with Gasteiger partial charge in [-0.2, -0.15) is 0 Å². The van der Waals surface area contributed by atoms with Gasteiger partial charge in [-0.1, -0.05) is 0 Å². The molecule has 1 N–H and O–H groups in total. The van der Waals surface area contributed by atoms with Gasteiger partial charge in [-0.3, -0.25) is 9.10 Å². The predicted octanol–water partition coefficient (Wildman–Crippen LogP) is 3.57. The van der Waals surface area contributed by atoms with E-state index in [2.05, 4.69) is 5.32 Å². The van der Waals surface area contributed by atoms with Crippen molar-refractivity contribution in [3.05, 3.63) is 54.6 Å². The molecule has 0 unspecified atom stereocenters. The van der Waals surface area contributed by atoms with E-state index in [9.17, 15) is 13.2 Å². The molecule has 3 aromatic carbocycles. The van der Waals surface area contributed by atoms with Crippen LogP contribution in [0.2, 0.25) is 0 Å². The summed E-state index contributed by atoms with van der Waals surface area (Å²) in [5.74, 6) is 1.32. The molecular formula is C26H30N2O9S. The van der Waals surface area contributed by atoms with E-state index >= 15 is 0 Å². The number of carbonyl (C=O) groups is 1. The highest BCUT2D eigenvalue weighted by Crippen LogP contribution is 2.38. The van der Waals surface area contributed by atoms with Crippen molar-refractivity contribution >= 4 is 27.3 Å². The fourth-order valence-corrected chi connectivity index (χ4v) is 5.07. The van der Waals surface area contributed by atoms with Gasteiger partial charge in [0.25, 0.3) is 10.0 Å². The lowest BCUT2D eigenvalue weighted by Gasteiger charge is -2.26. The summed E-state index contributed by atoms with van der Waals surface area (Å²) in [7, 11) is 4.27. The lowest BCUT2D eigenvalue weighted by atomic mass is 10.2. The Labute approximate surface area is 221 Å². The second kappa shape index (κ2) is 12.3. The normalized spacial score (nSPS) is 10.8. The number of methoxy groups -OCH3 is 6. The Morgan fingerprint density at radius 1 is 0.684 bits per heavy atom. The number of ether oxygens (including phenoxy) is 6. The molecule has 3 aromatic rings. The third kappa shape index (κ3) is 5.97. The first-order valence-corrected chi connectivity index (χ1v) is 12.6. The molecule has 0 saturated heterocycles.